The van der Waals surface area contributed by atoms with Crippen molar-refractivity contribution in [2.75, 3.05) is 13.7 Å². The third-order valence-corrected chi connectivity index (χ3v) is 3.34. The van der Waals surface area contributed by atoms with Gasteiger partial charge in [-0.25, -0.2) is 0 Å². The molecule has 0 saturated heterocycles. The number of rotatable bonds is 7. The van der Waals surface area contributed by atoms with Gasteiger partial charge in [-0.05, 0) is 43.9 Å². The lowest BCUT2D eigenvalue weighted by Crippen LogP contribution is -2.36. The Morgan fingerprint density at radius 3 is 2.56 bits per heavy atom. The summed E-state index contributed by atoms with van der Waals surface area (Å²) in [6.07, 6.45) is 2.21. The lowest BCUT2D eigenvalue weighted by atomic mass is 9.95. The van der Waals surface area contributed by atoms with E-state index in [-0.39, 0.29) is 0 Å². The molecule has 0 saturated carbocycles. The number of hydrogen-bond acceptors (Lipinski definition) is 2. The summed E-state index contributed by atoms with van der Waals surface area (Å²) in [5.41, 5.74) is 2.60. The van der Waals surface area contributed by atoms with E-state index in [2.05, 4.69) is 51.2 Å². The van der Waals surface area contributed by atoms with Crippen molar-refractivity contribution in [3.05, 3.63) is 29.3 Å². The SMILES string of the molecule is CCCNC(Cc1cc(C)ccc1OC)C(C)C. The average molecular weight is 249 g/mol. The third-order valence-electron chi connectivity index (χ3n) is 3.34. The van der Waals surface area contributed by atoms with Crippen molar-refractivity contribution in [3.63, 3.8) is 0 Å². The molecule has 0 heterocycles. The van der Waals surface area contributed by atoms with Gasteiger partial charge in [-0.2, -0.15) is 0 Å². The van der Waals surface area contributed by atoms with Gasteiger partial charge in [0, 0.05) is 6.04 Å². The molecule has 0 amide bonds. The van der Waals surface area contributed by atoms with E-state index in [9.17, 15) is 0 Å². The van der Waals surface area contributed by atoms with E-state index in [1.165, 1.54) is 17.5 Å². The highest BCUT2D eigenvalue weighted by Gasteiger charge is 2.15. The fourth-order valence-corrected chi connectivity index (χ4v) is 2.18. The second-order valence-electron chi connectivity index (χ2n) is 5.32. The second kappa shape index (κ2) is 7.42. The minimum Gasteiger partial charge on any atom is -0.496 e. The van der Waals surface area contributed by atoms with E-state index < -0.39 is 0 Å². The molecule has 1 aromatic rings. The number of nitrogens with one attached hydrogen (secondary N) is 1. The number of methoxy groups -OCH3 is 1. The van der Waals surface area contributed by atoms with Gasteiger partial charge in [0.2, 0.25) is 0 Å². The van der Waals surface area contributed by atoms with E-state index >= 15 is 0 Å². The van der Waals surface area contributed by atoms with Gasteiger partial charge < -0.3 is 10.1 Å². The zero-order valence-corrected chi connectivity index (χ0v) is 12.4. The second-order valence-corrected chi connectivity index (χ2v) is 5.32. The molecule has 0 radical (unpaired) electrons. The van der Waals surface area contributed by atoms with Gasteiger partial charge in [0.1, 0.15) is 5.75 Å². The number of aryl methyl sites for hydroxylation is 1. The van der Waals surface area contributed by atoms with Crippen molar-refractivity contribution in [2.24, 2.45) is 5.92 Å². The van der Waals surface area contributed by atoms with Crippen LogP contribution in [-0.2, 0) is 6.42 Å². The molecular formula is C16H27NO. The zero-order chi connectivity index (χ0) is 13.5. The summed E-state index contributed by atoms with van der Waals surface area (Å²) >= 11 is 0. The molecule has 0 aliphatic carbocycles. The molecule has 0 aliphatic heterocycles. The topological polar surface area (TPSA) is 21.3 Å². The van der Waals surface area contributed by atoms with Crippen LogP contribution >= 0.6 is 0 Å². The van der Waals surface area contributed by atoms with Crippen LogP contribution in [0.5, 0.6) is 5.75 Å². The molecule has 2 heteroatoms. The molecule has 1 aromatic carbocycles. The van der Waals surface area contributed by atoms with Crippen molar-refractivity contribution >= 4 is 0 Å². The largest absolute Gasteiger partial charge is 0.496 e. The van der Waals surface area contributed by atoms with Crippen LogP contribution in [0.1, 0.15) is 38.3 Å². The van der Waals surface area contributed by atoms with Gasteiger partial charge in [0.15, 0.2) is 0 Å². The van der Waals surface area contributed by atoms with Gasteiger partial charge in [0.05, 0.1) is 7.11 Å². The Bertz CT molecular complexity index is 360. The summed E-state index contributed by atoms with van der Waals surface area (Å²) in [4.78, 5) is 0. The van der Waals surface area contributed by atoms with E-state index in [4.69, 9.17) is 4.74 Å². The van der Waals surface area contributed by atoms with Gasteiger partial charge in [-0.15, -0.1) is 0 Å². The minimum absolute atomic E-state index is 0.514. The average Bonchev–Trinajstić information content (AvgIpc) is 2.34. The molecule has 0 fully saturated rings. The van der Waals surface area contributed by atoms with E-state index in [1.807, 2.05) is 0 Å². The predicted octanol–water partition coefficient (Wildman–Crippen LogP) is 3.57. The Balaban J connectivity index is 2.81. The van der Waals surface area contributed by atoms with Crippen LogP contribution in [0, 0.1) is 12.8 Å². The van der Waals surface area contributed by atoms with Crippen LogP contribution in [-0.4, -0.2) is 19.7 Å². The summed E-state index contributed by atoms with van der Waals surface area (Å²) < 4.78 is 5.46. The lowest BCUT2D eigenvalue weighted by molar-refractivity contribution is 0.378. The molecule has 1 N–H and O–H groups in total. The first kappa shape index (κ1) is 15.0. The highest BCUT2D eigenvalue weighted by atomic mass is 16.5. The van der Waals surface area contributed by atoms with Gasteiger partial charge in [0.25, 0.3) is 0 Å². The maximum absolute atomic E-state index is 5.46. The fourth-order valence-electron chi connectivity index (χ4n) is 2.18. The Labute approximate surface area is 112 Å². The molecule has 18 heavy (non-hydrogen) atoms. The molecule has 2 nitrogen and oxygen atoms in total. The Morgan fingerprint density at radius 1 is 1.28 bits per heavy atom. The van der Waals surface area contributed by atoms with Crippen molar-refractivity contribution in [1.82, 2.24) is 5.32 Å². The van der Waals surface area contributed by atoms with Crippen LogP contribution in [0.2, 0.25) is 0 Å². The Kier molecular flexibility index (Phi) is 6.20. The summed E-state index contributed by atoms with van der Waals surface area (Å²) in [5.74, 6) is 1.63. The standard InChI is InChI=1S/C16H27NO/c1-6-9-17-15(12(2)3)11-14-10-13(4)7-8-16(14)18-5/h7-8,10,12,15,17H,6,9,11H2,1-5H3. The lowest BCUT2D eigenvalue weighted by Gasteiger charge is -2.23. The van der Waals surface area contributed by atoms with Gasteiger partial charge in [-0.3, -0.25) is 0 Å². The molecule has 0 bridgehead atoms. The predicted molar refractivity (Wildman–Crippen MR) is 78.4 cm³/mol. The quantitative estimate of drug-likeness (QED) is 0.797. The fraction of sp³-hybridized carbons (Fsp3) is 0.625. The molecule has 0 spiro atoms. The Morgan fingerprint density at radius 2 is 2.00 bits per heavy atom. The highest BCUT2D eigenvalue weighted by molar-refractivity contribution is 5.37. The summed E-state index contributed by atoms with van der Waals surface area (Å²) in [7, 11) is 1.75. The normalized spacial score (nSPS) is 12.8. The molecule has 1 atom stereocenters. The molecule has 1 unspecified atom stereocenters. The monoisotopic (exact) mass is 249 g/mol. The third kappa shape index (κ3) is 4.34. The van der Waals surface area contributed by atoms with E-state index in [0.29, 0.717) is 12.0 Å². The van der Waals surface area contributed by atoms with Gasteiger partial charge >= 0.3 is 0 Å². The van der Waals surface area contributed by atoms with Crippen molar-refractivity contribution < 1.29 is 4.74 Å². The maximum Gasteiger partial charge on any atom is 0.122 e. The minimum atomic E-state index is 0.514. The maximum atomic E-state index is 5.46. The highest BCUT2D eigenvalue weighted by Crippen LogP contribution is 2.22. The van der Waals surface area contributed by atoms with Crippen molar-refractivity contribution in [3.8, 4) is 5.75 Å². The summed E-state index contributed by atoms with van der Waals surface area (Å²) in [5, 5.41) is 3.63. The molecule has 0 aromatic heterocycles. The van der Waals surface area contributed by atoms with Crippen LogP contribution < -0.4 is 10.1 Å². The smallest absolute Gasteiger partial charge is 0.122 e. The zero-order valence-electron chi connectivity index (χ0n) is 12.4. The summed E-state index contributed by atoms with van der Waals surface area (Å²) in [6.45, 7) is 9.96. The number of ether oxygens (including phenoxy) is 1. The van der Waals surface area contributed by atoms with Crippen LogP contribution in [0.4, 0.5) is 0 Å². The van der Waals surface area contributed by atoms with Crippen LogP contribution in [0.15, 0.2) is 18.2 Å². The molecule has 1 rings (SSSR count). The first-order valence-corrected chi connectivity index (χ1v) is 6.95. The molecule has 102 valence electrons. The molecular weight excluding hydrogens is 222 g/mol. The Hall–Kier alpha value is -1.02. The van der Waals surface area contributed by atoms with E-state index in [0.717, 1.165) is 18.7 Å². The van der Waals surface area contributed by atoms with Gasteiger partial charge in [-0.1, -0.05) is 38.5 Å². The van der Waals surface area contributed by atoms with Crippen molar-refractivity contribution in [2.45, 2.75) is 46.6 Å². The van der Waals surface area contributed by atoms with E-state index in [1.54, 1.807) is 7.11 Å². The van der Waals surface area contributed by atoms with Crippen LogP contribution in [0.3, 0.4) is 0 Å². The summed E-state index contributed by atoms with van der Waals surface area (Å²) in [6, 6.07) is 6.93. The van der Waals surface area contributed by atoms with Crippen LogP contribution in [0.25, 0.3) is 0 Å². The molecule has 0 aliphatic rings. The number of benzene rings is 1. The first-order valence-electron chi connectivity index (χ1n) is 6.95. The number of hydrogen-bond donors (Lipinski definition) is 1. The first-order chi connectivity index (χ1) is 8.58. The van der Waals surface area contributed by atoms with Crippen molar-refractivity contribution in [1.29, 1.82) is 0 Å².